The first-order valence-corrected chi connectivity index (χ1v) is 4.38. The summed E-state index contributed by atoms with van der Waals surface area (Å²) in [5.74, 6) is -0.286. The summed E-state index contributed by atoms with van der Waals surface area (Å²) >= 11 is 0. The van der Waals surface area contributed by atoms with E-state index in [4.69, 9.17) is 4.42 Å². The Labute approximate surface area is 86.3 Å². The van der Waals surface area contributed by atoms with Crippen molar-refractivity contribution in [3.63, 3.8) is 0 Å². The molecule has 0 aliphatic heterocycles. The van der Waals surface area contributed by atoms with E-state index in [-0.39, 0.29) is 17.1 Å². The Bertz CT molecular complexity index is 483. The molecule has 3 nitrogen and oxygen atoms in total. The van der Waals surface area contributed by atoms with Crippen LogP contribution in [0.1, 0.15) is 21.7 Å². The third-order valence-corrected chi connectivity index (χ3v) is 2.04. The molecule has 0 unspecified atom stereocenters. The Morgan fingerprint density at radius 1 is 1.13 bits per heavy atom. The molecule has 2 rings (SSSR count). The number of hydrogen-bond acceptors (Lipinski definition) is 3. The van der Waals surface area contributed by atoms with Crippen LogP contribution in [0.3, 0.4) is 0 Å². The van der Waals surface area contributed by atoms with Crippen molar-refractivity contribution in [2.45, 2.75) is 0 Å². The van der Waals surface area contributed by atoms with Gasteiger partial charge in [-0.25, -0.2) is 0 Å². The van der Waals surface area contributed by atoms with Crippen LogP contribution in [0.25, 0.3) is 0 Å². The first-order chi connectivity index (χ1) is 7.33. The largest absolute Gasteiger partial charge is 0.460 e. The lowest BCUT2D eigenvalue weighted by Gasteiger charge is -1.97. The minimum absolute atomic E-state index is 0.0520. The normalized spacial score (nSPS) is 9.87. The van der Waals surface area contributed by atoms with Crippen molar-refractivity contribution in [3.05, 3.63) is 59.5 Å². The topological polar surface area (TPSA) is 47.3 Å². The number of ketones is 1. The van der Waals surface area contributed by atoms with E-state index >= 15 is 0 Å². The minimum atomic E-state index is -0.234. The molecule has 0 N–H and O–H groups in total. The highest BCUT2D eigenvalue weighted by Crippen LogP contribution is 2.13. The van der Waals surface area contributed by atoms with E-state index in [1.165, 1.54) is 12.3 Å². The number of carbonyl (C=O) groups excluding carboxylic acids is 2. The van der Waals surface area contributed by atoms with Crippen LogP contribution in [0, 0.1) is 0 Å². The second-order valence-electron chi connectivity index (χ2n) is 2.96. The molecular formula is C12H7O3. The monoisotopic (exact) mass is 199 g/mol. The molecule has 0 spiro atoms. The van der Waals surface area contributed by atoms with E-state index in [9.17, 15) is 9.59 Å². The van der Waals surface area contributed by atoms with Crippen LogP contribution in [0.15, 0.2) is 47.1 Å². The molecule has 0 saturated carbocycles. The Morgan fingerprint density at radius 2 is 1.87 bits per heavy atom. The van der Waals surface area contributed by atoms with Gasteiger partial charge in [0, 0.05) is 5.56 Å². The van der Waals surface area contributed by atoms with Crippen LogP contribution in [0.2, 0.25) is 0 Å². The Hall–Kier alpha value is -2.16. The molecule has 15 heavy (non-hydrogen) atoms. The standard InChI is InChI=1S/C12H7O3/c13-8-11-10(6-7-15-11)12(14)9-4-2-1-3-5-9/h1-7H. The lowest BCUT2D eigenvalue weighted by Crippen LogP contribution is -2.02. The summed E-state index contributed by atoms with van der Waals surface area (Å²) in [6.07, 6.45) is 2.89. The third kappa shape index (κ3) is 1.72. The highest BCUT2D eigenvalue weighted by molar-refractivity contribution is 6.12. The highest BCUT2D eigenvalue weighted by atomic mass is 16.3. The molecule has 1 heterocycles. The van der Waals surface area contributed by atoms with Gasteiger partial charge in [0.05, 0.1) is 11.8 Å². The van der Waals surface area contributed by atoms with E-state index in [1.807, 2.05) is 6.07 Å². The molecule has 0 amide bonds. The van der Waals surface area contributed by atoms with Gasteiger partial charge in [-0.3, -0.25) is 9.59 Å². The predicted molar refractivity (Wildman–Crippen MR) is 53.4 cm³/mol. The van der Waals surface area contributed by atoms with Gasteiger partial charge < -0.3 is 4.42 Å². The first kappa shape index (κ1) is 9.40. The summed E-state index contributed by atoms with van der Waals surface area (Å²) in [4.78, 5) is 22.3. The van der Waals surface area contributed by atoms with Crippen molar-refractivity contribution < 1.29 is 14.0 Å². The SMILES string of the molecule is O=[C]c1occc1C(=O)c1ccccc1. The second-order valence-corrected chi connectivity index (χ2v) is 2.96. The van der Waals surface area contributed by atoms with Gasteiger partial charge in [0.25, 0.3) is 6.29 Å². The fourth-order valence-corrected chi connectivity index (χ4v) is 1.31. The van der Waals surface area contributed by atoms with Crippen LogP contribution < -0.4 is 0 Å². The maximum Gasteiger partial charge on any atom is 0.272 e. The summed E-state index contributed by atoms with van der Waals surface area (Å²) in [6, 6.07) is 10.2. The molecule has 73 valence electrons. The predicted octanol–water partition coefficient (Wildman–Crippen LogP) is 1.97. The van der Waals surface area contributed by atoms with E-state index in [1.54, 1.807) is 30.6 Å². The highest BCUT2D eigenvalue weighted by Gasteiger charge is 2.15. The Balaban J connectivity index is 2.41. The molecule has 3 heteroatoms. The number of benzene rings is 1. The van der Waals surface area contributed by atoms with Gasteiger partial charge in [-0.1, -0.05) is 30.3 Å². The molecule has 1 radical (unpaired) electrons. The molecule has 0 aliphatic rings. The van der Waals surface area contributed by atoms with Gasteiger partial charge in [-0.15, -0.1) is 0 Å². The fourth-order valence-electron chi connectivity index (χ4n) is 1.31. The summed E-state index contributed by atoms with van der Waals surface area (Å²) in [5, 5.41) is 0. The van der Waals surface area contributed by atoms with Gasteiger partial charge in [0.1, 0.15) is 0 Å². The van der Waals surface area contributed by atoms with E-state index in [2.05, 4.69) is 0 Å². The van der Waals surface area contributed by atoms with Crippen LogP contribution >= 0.6 is 0 Å². The van der Waals surface area contributed by atoms with Gasteiger partial charge in [-0.2, -0.15) is 0 Å². The number of rotatable bonds is 3. The number of carbonyl (C=O) groups is 1. The van der Waals surface area contributed by atoms with Crippen molar-refractivity contribution in [1.29, 1.82) is 0 Å². The fraction of sp³-hybridized carbons (Fsp3) is 0. The molecular weight excluding hydrogens is 192 g/mol. The molecule has 0 atom stereocenters. The second kappa shape index (κ2) is 3.92. The van der Waals surface area contributed by atoms with Gasteiger partial charge >= 0.3 is 0 Å². The lowest BCUT2D eigenvalue weighted by atomic mass is 10.0. The van der Waals surface area contributed by atoms with Crippen LogP contribution in [-0.2, 0) is 4.79 Å². The maximum atomic E-state index is 11.8. The zero-order valence-corrected chi connectivity index (χ0v) is 7.77. The van der Waals surface area contributed by atoms with Gasteiger partial charge in [0.15, 0.2) is 11.5 Å². The molecule has 0 aliphatic carbocycles. The van der Waals surface area contributed by atoms with Crippen molar-refractivity contribution in [1.82, 2.24) is 0 Å². The lowest BCUT2D eigenvalue weighted by molar-refractivity contribution is 0.103. The van der Waals surface area contributed by atoms with Crippen molar-refractivity contribution >= 4 is 12.1 Å². The van der Waals surface area contributed by atoms with E-state index in [0.717, 1.165) is 0 Å². The van der Waals surface area contributed by atoms with Crippen molar-refractivity contribution in [2.75, 3.05) is 0 Å². The quantitative estimate of drug-likeness (QED) is 0.710. The van der Waals surface area contributed by atoms with Crippen LogP contribution in [0.5, 0.6) is 0 Å². The van der Waals surface area contributed by atoms with Gasteiger partial charge in [-0.05, 0) is 6.07 Å². The zero-order valence-electron chi connectivity index (χ0n) is 7.77. The molecule has 0 bridgehead atoms. The Morgan fingerprint density at radius 3 is 2.53 bits per heavy atom. The van der Waals surface area contributed by atoms with Crippen molar-refractivity contribution in [2.24, 2.45) is 0 Å². The molecule has 0 fully saturated rings. The zero-order chi connectivity index (χ0) is 10.7. The summed E-state index contributed by atoms with van der Waals surface area (Å²) in [5.41, 5.74) is 0.770. The van der Waals surface area contributed by atoms with Gasteiger partial charge in [0.2, 0.25) is 0 Å². The summed E-state index contributed by atoms with van der Waals surface area (Å²) in [7, 11) is 0. The van der Waals surface area contributed by atoms with Crippen molar-refractivity contribution in [3.8, 4) is 0 Å². The molecule has 0 saturated heterocycles. The number of furan rings is 1. The maximum absolute atomic E-state index is 11.8. The molecule has 1 aromatic carbocycles. The molecule has 1 aromatic heterocycles. The average molecular weight is 199 g/mol. The third-order valence-electron chi connectivity index (χ3n) is 2.04. The van der Waals surface area contributed by atoms with E-state index < -0.39 is 0 Å². The van der Waals surface area contributed by atoms with Crippen LogP contribution in [0.4, 0.5) is 0 Å². The summed E-state index contributed by atoms with van der Waals surface area (Å²) in [6.45, 7) is 0. The number of hydrogen-bond donors (Lipinski definition) is 0. The molecule has 2 aromatic rings. The minimum Gasteiger partial charge on any atom is -0.460 e. The average Bonchev–Trinajstić information content (AvgIpc) is 2.77. The summed E-state index contributed by atoms with van der Waals surface area (Å²) < 4.78 is 4.81. The smallest absolute Gasteiger partial charge is 0.272 e. The van der Waals surface area contributed by atoms with E-state index in [0.29, 0.717) is 5.56 Å². The first-order valence-electron chi connectivity index (χ1n) is 4.38. The Kier molecular flexibility index (Phi) is 2.46. The van der Waals surface area contributed by atoms with Crippen LogP contribution in [-0.4, -0.2) is 12.1 Å².